The van der Waals surface area contributed by atoms with E-state index in [1.54, 1.807) is 30.5 Å². The van der Waals surface area contributed by atoms with Gasteiger partial charge >= 0.3 is 0 Å². The number of nitrogens with zero attached hydrogens (tertiary/aromatic N) is 5. The number of para-hydroxylation sites is 1. The summed E-state index contributed by atoms with van der Waals surface area (Å²) < 4.78 is 0. The van der Waals surface area contributed by atoms with Crippen LogP contribution in [0.4, 0.5) is 23.5 Å². The average molecular weight is 389 g/mol. The molecule has 0 spiro atoms. The fourth-order valence-corrected chi connectivity index (χ4v) is 3.08. The molecule has 0 radical (unpaired) electrons. The van der Waals surface area contributed by atoms with Crippen molar-refractivity contribution in [3.05, 3.63) is 60.2 Å². The lowest BCUT2D eigenvalue weighted by Gasteiger charge is -2.26. The lowest BCUT2D eigenvalue weighted by molar-refractivity contribution is 0.475. The summed E-state index contributed by atoms with van der Waals surface area (Å²) >= 11 is 0. The van der Waals surface area contributed by atoms with Crippen LogP contribution >= 0.6 is 0 Å². The Morgan fingerprint density at radius 3 is 2.34 bits per heavy atom. The van der Waals surface area contributed by atoms with Crippen molar-refractivity contribution in [3.8, 4) is 5.75 Å². The van der Waals surface area contributed by atoms with Gasteiger partial charge in [-0.3, -0.25) is 0 Å². The van der Waals surface area contributed by atoms with Crippen molar-refractivity contribution in [1.29, 1.82) is 0 Å². The first-order valence-corrected chi connectivity index (χ1v) is 9.67. The van der Waals surface area contributed by atoms with Crippen molar-refractivity contribution >= 4 is 29.7 Å². The van der Waals surface area contributed by atoms with Crippen molar-refractivity contribution in [2.45, 2.75) is 19.3 Å². The number of benzene rings is 2. The topological polar surface area (TPSA) is 98.6 Å². The Morgan fingerprint density at radius 1 is 0.862 bits per heavy atom. The molecule has 0 bridgehead atoms. The van der Waals surface area contributed by atoms with Gasteiger partial charge in [-0.2, -0.15) is 20.1 Å². The molecule has 3 N–H and O–H groups in total. The number of hydrogen-bond acceptors (Lipinski definition) is 8. The van der Waals surface area contributed by atoms with Crippen LogP contribution in [0.5, 0.6) is 5.75 Å². The number of hydrazone groups is 1. The quantitative estimate of drug-likeness (QED) is 0.436. The number of anilines is 4. The SMILES string of the molecule is Oc1ccc(C=NNc2nc(Nc3ccccc3)nc(N3CCCCC3)n2)cc1. The third-order valence-electron chi connectivity index (χ3n) is 4.56. The summed E-state index contributed by atoms with van der Waals surface area (Å²) in [5.74, 6) is 1.69. The second kappa shape index (κ2) is 9.01. The van der Waals surface area contributed by atoms with E-state index in [2.05, 4.69) is 35.7 Å². The summed E-state index contributed by atoms with van der Waals surface area (Å²) in [5, 5.41) is 16.8. The maximum atomic E-state index is 9.37. The molecule has 1 saturated heterocycles. The monoisotopic (exact) mass is 389 g/mol. The molecule has 3 aromatic rings. The minimum absolute atomic E-state index is 0.218. The zero-order chi connectivity index (χ0) is 19.9. The predicted octanol–water partition coefficient (Wildman–Crippen LogP) is 3.76. The summed E-state index contributed by atoms with van der Waals surface area (Å²) in [5.41, 5.74) is 4.65. The van der Waals surface area contributed by atoms with Crippen LogP contribution in [0.15, 0.2) is 59.7 Å². The molecular formula is C21H23N7O. The first-order valence-electron chi connectivity index (χ1n) is 9.67. The molecule has 148 valence electrons. The number of phenolic OH excluding ortho intramolecular Hbond substituents is 1. The van der Waals surface area contributed by atoms with Crippen LogP contribution < -0.4 is 15.6 Å². The van der Waals surface area contributed by atoms with E-state index in [1.807, 2.05) is 30.3 Å². The van der Waals surface area contributed by atoms with E-state index in [1.165, 1.54) is 6.42 Å². The molecule has 0 saturated carbocycles. The Morgan fingerprint density at radius 2 is 1.59 bits per heavy atom. The van der Waals surface area contributed by atoms with Gasteiger partial charge in [0.15, 0.2) is 0 Å². The van der Waals surface area contributed by atoms with Crippen molar-refractivity contribution in [2.75, 3.05) is 28.7 Å². The lowest BCUT2D eigenvalue weighted by atomic mass is 10.1. The third kappa shape index (κ3) is 5.19. The minimum atomic E-state index is 0.218. The first kappa shape index (κ1) is 18.7. The van der Waals surface area contributed by atoms with Gasteiger partial charge in [-0.25, -0.2) is 5.43 Å². The van der Waals surface area contributed by atoms with Gasteiger partial charge in [-0.05, 0) is 61.2 Å². The van der Waals surface area contributed by atoms with Gasteiger partial charge in [0.2, 0.25) is 17.8 Å². The number of nitrogens with one attached hydrogen (secondary N) is 2. The second-order valence-electron chi connectivity index (χ2n) is 6.78. The third-order valence-corrected chi connectivity index (χ3v) is 4.56. The normalized spacial score (nSPS) is 14.1. The van der Waals surface area contributed by atoms with E-state index in [-0.39, 0.29) is 5.75 Å². The Bertz CT molecular complexity index is 955. The van der Waals surface area contributed by atoms with E-state index in [4.69, 9.17) is 0 Å². The standard InChI is InChI=1S/C21H23N7O/c29-18-11-9-16(10-12-18)15-22-27-20-24-19(23-17-7-3-1-4-8-17)25-21(26-20)28-13-5-2-6-14-28/h1,3-4,7-12,15,29H,2,5-6,13-14H2,(H2,23,24,25,26,27). The van der Waals surface area contributed by atoms with E-state index in [0.717, 1.165) is 37.2 Å². The number of phenols is 1. The molecule has 0 atom stereocenters. The Balaban J connectivity index is 1.55. The minimum Gasteiger partial charge on any atom is -0.508 e. The van der Waals surface area contributed by atoms with Gasteiger partial charge in [-0.15, -0.1) is 0 Å². The zero-order valence-corrected chi connectivity index (χ0v) is 16.0. The average Bonchev–Trinajstić information content (AvgIpc) is 2.76. The van der Waals surface area contributed by atoms with Gasteiger partial charge < -0.3 is 15.3 Å². The van der Waals surface area contributed by atoms with Gasteiger partial charge in [0, 0.05) is 18.8 Å². The van der Waals surface area contributed by atoms with Crippen LogP contribution in [0.2, 0.25) is 0 Å². The highest BCUT2D eigenvalue weighted by atomic mass is 16.3. The highest BCUT2D eigenvalue weighted by Gasteiger charge is 2.16. The van der Waals surface area contributed by atoms with Crippen LogP contribution in [0.3, 0.4) is 0 Å². The maximum Gasteiger partial charge on any atom is 0.250 e. The summed E-state index contributed by atoms with van der Waals surface area (Å²) in [6, 6.07) is 16.6. The molecule has 8 nitrogen and oxygen atoms in total. The number of piperidine rings is 1. The summed E-state index contributed by atoms with van der Waals surface area (Å²) in [7, 11) is 0. The number of hydrogen-bond donors (Lipinski definition) is 3. The molecule has 4 rings (SSSR count). The van der Waals surface area contributed by atoms with Crippen molar-refractivity contribution < 1.29 is 5.11 Å². The van der Waals surface area contributed by atoms with Crippen LogP contribution in [-0.2, 0) is 0 Å². The van der Waals surface area contributed by atoms with Crippen LogP contribution in [-0.4, -0.2) is 39.4 Å². The highest BCUT2D eigenvalue weighted by Crippen LogP contribution is 2.20. The summed E-state index contributed by atoms with van der Waals surface area (Å²) in [4.78, 5) is 15.8. The van der Waals surface area contributed by atoms with Crippen molar-refractivity contribution in [3.63, 3.8) is 0 Å². The van der Waals surface area contributed by atoms with E-state index in [9.17, 15) is 5.11 Å². The molecule has 8 heteroatoms. The van der Waals surface area contributed by atoms with E-state index >= 15 is 0 Å². The summed E-state index contributed by atoms with van der Waals surface area (Å²) in [6.45, 7) is 1.87. The van der Waals surface area contributed by atoms with Gasteiger partial charge in [-0.1, -0.05) is 18.2 Å². The molecule has 29 heavy (non-hydrogen) atoms. The number of rotatable bonds is 6. The fourth-order valence-electron chi connectivity index (χ4n) is 3.08. The van der Waals surface area contributed by atoms with Gasteiger partial charge in [0.05, 0.1) is 6.21 Å². The Hall–Kier alpha value is -3.68. The molecule has 0 unspecified atom stereocenters. The van der Waals surface area contributed by atoms with Crippen LogP contribution in [0, 0.1) is 0 Å². The zero-order valence-electron chi connectivity index (χ0n) is 16.0. The molecule has 2 heterocycles. The van der Waals surface area contributed by atoms with Crippen LogP contribution in [0.1, 0.15) is 24.8 Å². The molecule has 1 aromatic heterocycles. The maximum absolute atomic E-state index is 9.37. The first-order chi connectivity index (χ1) is 14.3. The van der Waals surface area contributed by atoms with Crippen LogP contribution in [0.25, 0.3) is 0 Å². The number of aromatic hydroxyl groups is 1. The molecule has 1 aliphatic rings. The molecular weight excluding hydrogens is 366 g/mol. The second-order valence-corrected chi connectivity index (χ2v) is 6.78. The van der Waals surface area contributed by atoms with Crippen molar-refractivity contribution in [2.24, 2.45) is 5.10 Å². The van der Waals surface area contributed by atoms with Gasteiger partial charge in [0.25, 0.3) is 0 Å². The smallest absolute Gasteiger partial charge is 0.250 e. The predicted molar refractivity (Wildman–Crippen MR) is 115 cm³/mol. The summed E-state index contributed by atoms with van der Waals surface area (Å²) in [6.07, 6.45) is 5.15. The fraction of sp³-hybridized carbons (Fsp3) is 0.238. The molecule has 1 aliphatic heterocycles. The Kier molecular flexibility index (Phi) is 5.80. The molecule has 1 fully saturated rings. The van der Waals surface area contributed by atoms with Crippen molar-refractivity contribution in [1.82, 2.24) is 15.0 Å². The van der Waals surface area contributed by atoms with E-state index in [0.29, 0.717) is 17.8 Å². The lowest BCUT2D eigenvalue weighted by Crippen LogP contribution is -2.31. The molecule has 0 amide bonds. The largest absolute Gasteiger partial charge is 0.508 e. The van der Waals surface area contributed by atoms with E-state index < -0.39 is 0 Å². The molecule has 2 aromatic carbocycles. The Labute approximate surface area is 169 Å². The molecule has 0 aliphatic carbocycles. The number of aromatic nitrogens is 3. The van der Waals surface area contributed by atoms with Gasteiger partial charge in [0.1, 0.15) is 5.75 Å². The highest BCUT2D eigenvalue weighted by molar-refractivity contribution is 5.80.